The van der Waals surface area contributed by atoms with Gasteiger partial charge in [-0.2, -0.15) is 0 Å². The van der Waals surface area contributed by atoms with Gasteiger partial charge in [0.25, 0.3) is 0 Å². The highest BCUT2D eigenvalue weighted by Gasteiger charge is 2.14. The summed E-state index contributed by atoms with van der Waals surface area (Å²) in [6.07, 6.45) is 1.16. The molecule has 0 aliphatic carbocycles. The highest BCUT2D eigenvalue weighted by atomic mass is 15.2. The van der Waals surface area contributed by atoms with Crippen LogP contribution in [0, 0.1) is 5.92 Å². The number of aliphatic imine (C=N–C) groups is 1. The van der Waals surface area contributed by atoms with Crippen LogP contribution in [0.15, 0.2) is 29.3 Å². The molecule has 1 aliphatic rings. The van der Waals surface area contributed by atoms with Crippen molar-refractivity contribution in [2.45, 2.75) is 33.7 Å². The Balaban J connectivity index is 1.77. The number of guanidine groups is 1. The van der Waals surface area contributed by atoms with E-state index in [4.69, 9.17) is 0 Å². The zero-order valence-electron chi connectivity index (χ0n) is 14.2. The van der Waals surface area contributed by atoms with E-state index in [1.165, 1.54) is 11.1 Å². The molecular weight excluding hydrogens is 272 g/mol. The number of fused-ring (bicyclic) bond motifs is 1. The fraction of sp³-hybridized carbons (Fsp3) is 0.611. The van der Waals surface area contributed by atoms with Crippen molar-refractivity contribution in [3.8, 4) is 0 Å². The molecule has 1 aromatic rings. The van der Waals surface area contributed by atoms with Crippen molar-refractivity contribution in [1.82, 2.24) is 15.5 Å². The van der Waals surface area contributed by atoms with Crippen LogP contribution < -0.4 is 10.6 Å². The Bertz CT molecular complexity index is 482. The van der Waals surface area contributed by atoms with Gasteiger partial charge in [0, 0.05) is 39.3 Å². The lowest BCUT2D eigenvalue weighted by Gasteiger charge is -2.28. The van der Waals surface area contributed by atoms with Crippen LogP contribution in [0.5, 0.6) is 0 Å². The van der Waals surface area contributed by atoms with Crippen LogP contribution >= 0.6 is 0 Å². The summed E-state index contributed by atoms with van der Waals surface area (Å²) in [5, 5.41) is 6.76. The summed E-state index contributed by atoms with van der Waals surface area (Å²) in [5.74, 6) is 1.53. The number of benzene rings is 1. The van der Waals surface area contributed by atoms with E-state index in [2.05, 4.69) is 65.6 Å². The van der Waals surface area contributed by atoms with Crippen molar-refractivity contribution in [2.24, 2.45) is 10.9 Å². The summed E-state index contributed by atoms with van der Waals surface area (Å²) in [4.78, 5) is 7.12. The van der Waals surface area contributed by atoms with Crippen LogP contribution in [0.3, 0.4) is 0 Å². The van der Waals surface area contributed by atoms with Crippen LogP contribution in [0.2, 0.25) is 0 Å². The predicted molar refractivity (Wildman–Crippen MR) is 94.2 cm³/mol. The normalized spacial score (nSPS) is 15.7. The Morgan fingerprint density at radius 1 is 1.23 bits per heavy atom. The molecule has 0 fully saturated rings. The molecule has 2 rings (SSSR count). The Morgan fingerprint density at radius 2 is 2.00 bits per heavy atom. The first-order valence-electron chi connectivity index (χ1n) is 8.50. The van der Waals surface area contributed by atoms with Gasteiger partial charge in [-0.25, -0.2) is 0 Å². The summed E-state index contributed by atoms with van der Waals surface area (Å²) >= 11 is 0. The third-order valence-corrected chi connectivity index (χ3v) is 3.89. The average Bonchev–Trinajstić information content (AvgIpc) is 2.52. The summed E-state index contributed by atoms with van der Waals surface area (Å²) in [7, 11) is 0. The summed E-state index contributed by atoms with van der Waals surface area (Å²) < 4.78 is 0. The SMILES string of the molecule is CCNC(=NCC(C)C)NCCN1CCc2ccccc2C1. The molecule has 1 aliphatic heterocycles. The molecule has 0 spiro atoms. The molecule has 0 saturated heterocycles. The lowest BCUT2D eigenvalue weighted by Crippen LogP contribution is -2.42. The van der Waals surface area contributed by atoms with Crippen LogP contribution in [-0.2, 0) is 13.0 Å². The second kappa shape index (κ2) is 8.79. The summed E-state index contributed by atoms with van der Waals surface area (Å²) in [5.41, 5.74) is 2.99. The van der Waals surface area contributed by atoms with Gasteiger partial charge in [0.15, 0.2) is 5.96 Å². The molecule has 0 radical (unpaired) electrons. The quantitative estimate of drug-likeness (QED) is 0.625. The second-order valence-corrected chi connectivity index (χ2v) is 6.34. The summed E-state index contributed by atoms with van der Waals surface area (Å²) in [6, 6.07) is 8.79. The van der Waals surface area contributed by atoms with Gasteiger partial charge in [0.1, 0.15) is 0 Å². The maximum absolute atomic E-state index is 4.61. The lowest BCUT2D eigenvalue weighted by atomic mass is 10.00. The molecule has 0 aromatic heterocycles. The Morgan fingerprint density at radius 3 is 2.73 bits per heavy atom. The molecule has 0 unspecified atom stereocenters. The topological polar surface area (TPSA) is 39.7 Å². The minimum Gasteiger partial charge on any atom is -0.357 e. The molecule has 4 nitrogen and oxygen atoms in total. The first-order valence-corrected chi connectivity index (χ1v) is 8.50. The van der Waals surface area contributed by atoms with Crippen molar-refractivity contribution in [3.63, 3.8) is 0 Å². The van der Waals surface area contributed by atoms with Gasteiger partial charge in [0.05, 0.1) is 0 Å². The van der Waals surface area contributed by atoms with Gasteiger partial charge in [0.2, 0.25) is 0 Å². The highest BCUT2D eigenvalue weighted by Crippen LogP contribution is 2.17. The Hall–Kier alpha value is -1.55. The van der Waals surface area contributed by atoms with Gasteiger partial charge in [-0.05, 0) is 30.4 Å². The zero-order valence-corrected chi connectivity index (χ0v) is 14.2. The van der Waals surface area contributed by atoms with E-state index in [-0.39, 0.29) is 0 Å². The van der Waals surface area contributed by atoms with Gasteiger partial charge in [-0.15, -0.1) is 0 Å². The van der Waals surface area contributed by atoms with E-state index >= 15 is 0 Å². The standard InChI is InChI=1S/C18H30N4/c1-4-19-18(21-13-15(2)3)20-10-12-22-11-9-16-7-5-6-8-17(16)14-22/h5-8,15H,4,9-14H2,1-3H3,(H2,19,20,21). The molecule has 22 heavy (non-hydrogen) atoms. The zero-order chi connectivity index (χ0) is 15.8. The number of rotatable bonds is 6. The molecule has 0 saturated carbocycles. The predicted octanol–water partition coefficient (Wildman–Crippen LogP) is 2.26. The van der Waals surface area contributed by atoms with E-state index in [9.17, 15) is 0 Å². The minimum atomic E-state index is 0.592. The fourth-order valence-corrected chi connectivity index (χ4v) is 2.69. The first-order chi connectivity index (χ1) is 10.7. The fourth-order valence-electron chi connectivity index (χ4n) is 2.69. The van der Waals surface area contributed by atoms with Gasteiger partial charge in [-0.1, -0.05) is 38.1 Å². The van der Waals surface area contributed by atoms with Gasteiger partial charge >= 0.3 is 0 Å². The van der Waals surface area contributed by atoms with Crippen molar-refractivity contribution >= 4 is 5.96 Å². The largest absolute Gasteiger partial charge is 0.357 e. The van der Waals surface area contributed by atoms with Crippen molar-refractivity contribution < 1.29 is 0 Å². The maximum atomic E-state index is 4.61. The number of nitrogens with one attached hydrogen (secondary N) is 2. The van der Waals surface area contributed by atoms with E-state index in [1.807, 2.05) is 0 Å². The molecule has 4 heteroatoms. The molecular formula is C18H30N4. The molecule has 2 N–H and O–H groups in total. The number of hydrogen-bond donors (Lipinski definition) is 2. The molecule has 122 valence electrons. The molecule has 0 bridgehead atoms. The number of nitrogens with zero attached hydrogens (tertiary/aromatic N) is 2. The van der Waals surface area contributed by atoms with Crippen LogP contribution in [0.25, 0.3) is 0 Å². The van der Waals surface area contributed by atoms with Crippen molar-refractivity contribution in [2.75, 3.05) is 32.7 Å². The average molecular weight is 302 g/mol. The Labute approximate surface area is 135 Å². The van der Waals surface area contributed by atoms with E-state index < -0.39 is 0 Å². The van der Waals surface area contributed by atoms with E-state index in [0.29, 0.717) is 5.92 Å². The first kappa shape index (κ1) is 16.8. The third-order valence-electron chi connectivity index (χ3n) is 3.89. The Kier molecular flexibility index (Phi) is 6.72. The van der Waals surface area contributed by atoms with Crippen LogP contribution in [-0.4, -0.2) is 43.6 Å². The molecule has 1 aromatic carbocycles. The smallest absolute Gasteiger partial charge is 0.191 e. The van der Waals surface area contributed by atoms with E-state index in [1.54, 1.807) is 0 Å². The summed E-state index contributed by atoms with van der Waals surface area (Å²) in [6.45, 7) is 12.5. The van der Waals surface area contributed by atoms with Gasteiger partial charge < -0.3 is 10.6 Å². The van der Waals surface area contributed by atoms with Crippen molar-refractivity contribution in [1.29, 1.82) is 0 Å². The maximum Gasteiger partial charge on any atom is 0.191 e. The van der Waals surface area contributed by atoms with Crippen LogP contribution in [0.4, 0.5) is 0 Å². The van der Waals surface area contributed by atoms with Crippen LogP contribution in [0.1, 0.15) is 31.9 Å². The van der Waals surface area contributed by atoms with Crippen molar-refractivity contribution in [3.05, 3.63) is 35.4 Å². The molecule has 1 heterocycles. The highest BCUT2D eigenvalue weighted by molar-refractivity contribution is 5.79. The molecule has 0 amide bonds. The third kappa shape index (κ3) is 5.34. The van der Waals surface area contributed by atoms with E-state index in [0.717, 1.165) is 51.6 Å². The number of hydrogen-bond acceptors (Lipinski definition) is 2. The second-order valence-electron chi connectivity index (χ2n) is 6.34. The lowest BCUT2D eigenvalue weighted by molar-refractivity contribution is 0.258. The minimum absolute atomic E-state index is 0.592. The monoisotopic (exact) mass is 302 g/mol. The van der Waals surface area contributed by atoms with Gasteiger partial charge in [-0.3, -0.25) is 9.89 Å². The molecule has 0 atom stereocenters.